The van der Waals surface area contributed by atoms with Crippen molar-refractivity contribution in [3.05, 3.63) is 35.9 Å². The summed E-state index contributed by atoms with van der Waals surface area (Å²) in [5, 5.41) is 1.42. The van der Waals surface area contributed by atoms with Crippen LogP contribution in [0.4, 0.5) is 4.79 Å². The van der Waals surface area contributed by atoms with Crippen molar-refractivity contribution < 1.29 is 19.3 Å². The van der Waals surface area contributed by atoms with Crippen molar-refractivity contribution >= 4 is 11.9 Å². The van der Waals surface area contributed by atoms with Crippen molar-refractivity contribution in [3.63, 3.8) is 0 Å². The lowest BCUT2D eigenvalue weighted by molar-refractivity contribution is -0.141. The number of nitrogens with one attached hydrogen (secondary N) is 1. The average molecular weight is 362 g/mol. The van der Waals surface area contributed by atoms with Crippen molar-refractivity contribution in [1.29, 1.82) is 0 Å². The third-order valence-corrected chi connectivity index (χ3v) is 4.65. The minimum atomic E-state index is -0.511. The molecule has 2 bridgehead atoms. The second-order valence-corrected chi connectivity index (χ2v) is 6.88. The van der Waals surface area contributed by atoms with Crippen molar-refractivity contribution in [2.45, 2.75) is 31.5 Å². The number of fused-ring (bicyclic) bond motifs is 2. The molecular formula is C18H26N4O4. The zero-order valence-electron chi connectivity index (χ0n) is 15.3. The molecule has 1 aromatic rings. The fraction of sp³-hybridized carbons (Fsp3) is 0.556. The fourth-order valence-electron chi connectivity index (χ4n) is 3.21. The second-order valence-electron chi connectivity index (χ2n) is 6.88. The number of urea groups is 1. The Labute approximate surface area is 153 Å². The molecule has 1 aromatic carbocycles. The van der Waals surface area contributed by atoms with Crippen LogP contribution in [0.25, 0.3) is 0 Å². The topological polar surface area (TPSA) is 74.4 Å². The first kappa shape index (κ1) is 18.6. The maximum atomic E-state index is 12.6. The van der Waals surface area contributed by atoms with E-state index in [4.69, 9.17) is 9.68 Å². The standard InChI is InChI=1S/C18H26N4O4/c1-20(2)10-11-25-19-17(23)16-9-8-15-12-21(16)18(24)22(15)26-13-14-6-4-3-5-7-14/h3-7,15-16H,8-13H2,1-2H3,(H,19,23)/t15-,16?/m1/s1. The van der Waals surface area contributed by atoms with E-state index in [0.29, 0.717) is 32.7 Å². The van der Waals surface area contributed by atoms with E-state index in [1.807, 2.05) is 49.3 Å². The number of nitrogens with zero attached hydrogens (tertiary/aromatic N) is 3. The van der Waals surface area contributed by atoms with Gasteiger partial charge in [-0.1, -0.05) is 30.3 Å². The Morgan fingerprint density at radius 2 is 2.04 bits per heavy atom. The number of hydroxylamine groups is 3. The summed E-state index contributed by atoms with van der Waals surface area (Å²) in [7, 11) is 3.86. The smallest absolute Gasteiger partial charge is 0.309 e. The van der Waals surface area contributed by atoms with Gasteiger partial charge in [0.15, 0.2) is 0 Å². The molecule has 26 heavy (non-hydrogen) atoms. The van der Waals surface area contributed by atoms with Gasteiger partial charge in [-0.3, -0.25) is 14.5 Å². The number of rotatable bonds is 8. The summed E-state index contributed by atoms with van der Waals surface area (Å²) in [4.78, 5) is 39.5. The van der Waals surface area contributed by atoms with Crippen LogP contribution in [0, 0.1) is 0 Å². The van der Waals surface area contributed by atoms with Crippen molar-refractivity contribution in [2.75, 3.05) is 33.8 Å². The molecule has 2 saturated heterocycles. The fourth-order valence-corrected chi connectivity index (χ4v) is 3.21. The molecule has 1 unspecified atom stereocenters. The number of hydrogen-bond acceptors (Lipinski definition) is 5. The number of piperidine rings is 1. The van der Waals surface area contributed by atoms with Crippen LogP contribution in [0.15, 0.2) is 30.3 Å². The Kier molecular flexibility index (Phi) is 6.08. The summed E-state index contributed by atoms with van der Waals surface area (Å²) < 4.78 is 0. The average Bonchev–Trinajstić information content (AvgIpc) is 2.88. The van der Waals surface area contributed by atoms with Gasteiger partial charge in [0.1, 0.15) is 12.6 Å². The van der Waals surface area contributed by atoms with E-state index in [2.05, 4.69) is 5.48 Å². The van der Waals surface area contributed by atoms with Gasteiger partial charge in [-0.15, -0.1) is 0 Å². The Hall–Kier alpha value is -2.16. The molecule has 2 fully saturated rings. The highest BCUT2D eigenvalue weighted by atomic mass is 16.7. The summed E-state index contributed by atoms with van der Waals surface area (Å²) in [6.45, 7) is 1.94. The van der Waals surface area contributed by atoms with Crippen LogP contribution in [-0.4, -0.2) is 72.7 Å². The van der Waals surface area contributed by atoms with E-state index in [1.165, 1.54) is 5.06 Å². The number of benzene rings is 1. The van der Waals surface area contributed by atoms with E-state index >= 15 is 0 Å². The Morgan fingerprint density at radius 1 is 1.27 bits per heavy atom. The molecule has 142 valence electrons. The monoisotopic (exact) mass is 362 g/mol. The molecular weight excluding hydrogens is 336 g/mol. The van der Waals surface area contributed by atoms with Crippen LogP contribution in [0.5, 0.6) is 0 Å². The highest BCUT2D eigenvalue weighted by Gasteiger charge is 2.48. The second kappa shape index (κ2) is 8.48. The number of hydrogen-bond donors (Lipinski definition) is 1. The van der Waals surface area contributed by atoms with E-state index in [-0.39, 0.29) is 18.0 Å². The van der Waals surface area contributed by atoms with Crippen LogP contribution < -0.4 is 5.48 Å². The van der Waals surface area contributed by atoms with E-state index in [1.54, 1.807) is 4.90 Å². The molecule has 8 nitrogen and oxygen atoms in total. The highest BCUT2D eigenvalue weighted by molar-refractivity contribution is 5.88. The van der Waals surface area contributed by atoms with E-state index in [9.17, 15) is 9.59 Å². The first-order valence-corrected chi connectivity index (χ1v) is 8.89. The first-order chi connectivity index (χ1) is 12.6. The van der Waals surface area contributed by atoms with Crippen LogP contribution in [0.1, 0.15) is 18.4 Å². The SMILES string of the molecule is CN(C)CCONC(=O)C1CC[C@@H]2CN1C(=O)N2OCc1ccccc1. The minimum absolute atomic E-state index is 0.00933. The largest absolute Gasteiger partial charge is 0.345 e. The summed E-state index contributed by atoms with van der Waals surface area (Å²) in [6.07, 6.45) is 1.33. The Balaban J connectivity index is 1.51. The van der Waals surface area contributed by atoms with E-state index < -0.39 is 6.04 Å². The lowest BCUT2D eigenvalue weighted by Crippen LogP contribution is -2.50. The van der Waals surface area contributed by atoms with Gasteiger partial charge in [0.25, 0.3) is 5.91 Å². The molecule has 2 atom stereocenters. The number of carbonyl (C=O) groups is 2. The van der Waals surface area contributed by atoms with Crippen LogP contribution >= 0.6 is 0 Å². The zero-order valence-corrected chi connectivity index (χ0v) is 15.3. The van der Waals surface area contributed by atoms with Gasteiger partial charge in [-0.05, 0) is 32.5 Å². The Morgan fingerprint density at radius 3 is 2.77 bits per heavy atom. The van der Waals surface area contributed by atoms with Gasteiger partial charge in [0.05, 0.1) is 12.6 Å². The predicted octanol–water partition coefficient (Wildman–Crippen LogP) is 0.996. The molecule has 0 radical (unpaired) electrons. The molecule has 0 aromatic heterocycles. The number of likely N-dealkylation sites (N-methyl/N-ethyl adjacent to an activating group) is 1. The van der Waals surface area contributed by atoms with Gasteiger partial charge in [-0.2, -0.15) is 5.06 Å². The summed E-state index contributed by atoms with van der Waals surface area (Å²) in [6, 6.07) is 8.94. The zero-order chi connectivity index (χ0) is 18.5. The molecule has 0 saturated carbocycles. The molecule has 2 heterocycles. The van der Waals surface area contributed by atoms with Gasteiger partial charge >= 0.3 is 6.03 Å². The first-order valence-electron chi connectivity index (χ1n) is 8.89. The summed E-state index contributed by atoms with van der Waals surface area (Å²) in [5.41, 5.74) is 3.47. The van der Waals surface area contributed by atoms with Crippen LogP contribution in [0.3, 0.4) is 0 Å². The van der Waals surface area contributed by atoms with Crippen molar-refractivity contribution in [2.24, 2.45) is 0 Å². The molecule has 2 aliphatic rings. The van der Waals surface area contributed by atoms with Crippen molar-refractivity contribution in [3.8, 4) is 0 Å². The molecule has 1 N–H and O–H groups in total. The van der Waals surface area contributed by atoms with Gasteiger partial charge in [0.2, 0.25) is 0 Å². The quantitative estimate of drug-likeness (QED) is 0.552. The lowest BCUT2D eigenvalue weighted by atomic mass is 10.0. The Bertz CT molecular complexity index is 625. The molecule has 0 spiro atoms. The normalized spacial score (nSPS) is 22.2. The predicted molar refractivity (Wildman–Crippen MR) is 94.6 cm³/mol. The van der Waals surface area contributed by atoms with Gasteiger partial charge in [-0.25, -0.2) is 10.3 Å². The molecule has 8 heteroatoms. The maximum absolute atomic E-state index is 12.6. The van der Waals surface area contributed by atoms with Crippen LogP contribution in [0.2, 0.25) is 0 Å². The molecule has 0 aliphatic carbocycles. The van der Waals surface area contributed by atoms with Crippen molar-refractivity contribution in [1.82, 2.24) is 20.3 Å². The third kappa shape index (κ3) is 4.32. The maximum Gasteiger partial charge on any atom is 0.345 e. The van der Waals surface area contributed by atoms with Gasteiger partial charge in [0, 0.05) is 13.1 Å². The molecule has 3 rings (SSSR count). The highest BCUT2D eigenvalue weighted by Crippen LogP contribution is 2.30. The summed E-state index contributed by atoms with van der Waals surface area (Å²) in [5.74, 6) is -0.277. The van der Waals surface area contributed by atoms with Crippen LogP contribution in [-0.2, 0) is 21.1 Å². The number of carbonyl (C=O) groups excluding carboxylic acids is 2. The minimum Gasteiger partial charge on any atom is -0.309 e. The van der Waals surface area contributed by atoms with E-state index in [0.717, 1.165) is 12.0 Å². The van der Waals surface area contributed by atoms with Gasteiger partial charge < -0.3 is 9.80 Å². The third-order valence-electron chi connectivity index (χ3n) is 4.65. The molecule has 3 amide bonds. The lowest BCUT2D eigenvalue weighted by Gasteiger charge is -2.29. The summed E-state index contributed by atoms with van der Waals surface area (Å²) >= 11 is 0. The number of amides is 3. The molecule has 2 aliphatic heterocycles.